The smallest absolute Gasteiger partial charge is 0.161 e. The Labute approximate surface area is 335 Å². The number of aliphatic imine (C=N–C) groups is 3. The highest BCUT2D eigenvalue weighted by atomic mass is 32.1. The third kappa shape index (κ3) is 6.34. The molecule has 2 heterocycles. The Hall–Kier alpha value is -7.21. The van der Waals surface area contributed by atoms with Crippen LogP contribution >= 0.6 is 11.3 Å². The number of hydrogen-bond donors (Lipinski definition) is 0. The van der Waals surface area contributed by atoms with Crippen molar-refractivity contribution < 1.29 is 0 Å². The zero-order chi connectivity index (χ0) is 38.1. The highest BCUT2D eigenvalue weighted by molar-refractivity contribution is 7.26. The van der Waals surface area contributed by atoms with Crippen LogP contribution in [0.2, 0.25) is 0 Å². The molecule has 10 aromatic rings. The quantitative estimate of drug-likeness (QED) is 0.115. The van der Waals surface area contributed by atoms with Gasteiger partial charge in [-0.15, -0.1) is 11.3 Å². The van der Waals surface area contributed by atoms with Crippen molar-refractivity contribution in [2.24, 2.45) is 15.0 Å². The maximum Gasteiger partial charge on any atom is 0.161 e. The number of amidine groups is 2. The number of nitrogens with zero attached hydrogens (tertiary/aromatic N) is 4. The maximum atomic E-state index is 5.21. The van der Waals surface area contributed by atoms with E-state index < -0.39 is 0 Å². The first-order valence-corrected chi connectivity index (χ1v) is 19.9. The van der Waals surface area contributed by atoms with Crippen molar-refractivity contribution in [3.8, 4) is 27.9 Å². The van der Waals surface area contributed by atoms with E-state index in [2.05, 4.69) is 162 Å². The summed E-state index contributed by atoms with van der Waals surface area (Å²) in [5, 5.41) is 4.97. The van der Waals surface area contributed by atoms with Crippen molar-refractivity contribution in [1.29, 1.82) is 0 Å². The number of fused-ring (bicyclic) bond motifs is 7. The average molecular weight is 749 g/mol. The Morgan fingerprint density at radius 2 is 1.19 bits per heavy atom. The Kier molecular flexibility index (Phi) is 8.90. The standard InChI is InChI=1S/C52H36N4S/c1-53-51(38-23-12-5-13-24-38)55-52(54-34-35-17-6-2-7-18-35)40-31-39(36-19-8-3-9-20-36)32-41(33-40)56-46-27-15-14-25-43(46)44-29-30-45-48-42(37-21-10-4-11-22-37)26-16-28-47(48)57-50(45)49(44)56/h2-33H,1,34H2. The van der Waals surface area contributed by atoms with Crippen LogP contribution in [0.3, 0.4) is 0 Å². The van der Waals surface area contributed by atoms with Gasteiger partial charge in [0.05, 0.1) is 22.3 Å². The molecule has 0 aliphatic heterocycles. The van der Waals surface area contributed by atoms with E-state index in [0.29, 0.717) is 18.2 Å². The highest BCUT2D eigenvalue weighted by Gasteiger charge is 2.21. The van der Waals surface area contributed by atoms with Crippen LogP contribution in [-0.4, -0.2) is 23.0 Å². The molecule has 0 amide bonds. The Bertz CT molecular complexity index is 3140. The van der Waals surface area contributed by atoms with E-state index in [1.165, 1.54) is 47.6 Å². The second kappa shape index (κ2) is 14.8. The minimum Gasteiger partial charge on any atom is -0.308 e. The van der Waals surface area contributed by atoms with Crippen LogP contribution in [0.5, 0.6) is 0 Å². The molecule has 0 N–H and O–H groups in total. The molecule has 8 aromatic carbocycles. The first-order valence-electron chi connectivity index (χ1n) is 19.1. The van der Waals surface area contributed by atoms with E-state index in [1.807, 2.05) is 59.9 Å². The molecule has 0 saturated carbocycles. The summed E-state index contributed by atoms with van der Waals surface area (Å²) in [6, 6.07) is 68.4. The van der Waals surface area contributed by atoms with E-state index in [4.69, 9.17) is 9.98 Å². The first-order chi connectivity index (χ1) is 28.2. The third-order valence-electron chi connectivity index (χ3n) is 10.6. The summed E-state index contributed by atoms with van der Waals surface area (Å²) >= 11 is 1.86. The number of hydrogen-bond acceptors (Lipinski definition) is 2. The van der Waals surface area contributed by atoms with Crippen molar-refractivity contribution in [3.05, 3.63) is 211 Å². The molecular formula is C52H36N4S. The van der Waals surface area contributed by atoms with Crippen molar-refractivity contribution in [2.45, 2.75) is 6.54 Å². The number of para-hydroxylation sites is 1. The lowest BCUT2D eigenvalue weighted by Crippen LogP contribution is -2.07. The van der Waals surface area contributed by atoms with Gasteiger partial charge in [0.1, 0.15) is 0 Å². The summed E-state index contributed by atoms with van der Waals surface area (Å²) in [6.07, 6.45) is 0. The van der Waals surface area contributed by atoms with E-state index in [0.717, 1.165) is 39.0 Å². The van der Waals surface area contributed by atoms with Gasteiger partial charge >= 0.3 is 0 Å². The van der Waals surface area contributed by atoms with Crippen molar-refractivity contribution in [3.63, 3.8) is 0 Å². The molecule has 0 spiro atoms. The second-order valence-corrected chi connectivity index (χ2v) is 15.1. The molecule has 10 rings (SSSR count). The van der Waals surface area contributed by atoms with Crippen LogP contribution in [0.15, 0.2) is 209 Å². The molecule has 4 nitrogen and oxygen atoms in total. The van der Waals surface area contributed by atoms with Crippen LogP contribution in [-0.2, 0) is 6.54 Å². The largest absolute Gasteiger partial charge is 0.308 e. The number of aromatic nitrogens is 1. The average Bonchev–Trinajstić information content (AvgIpc) is 3.84. The Balaban J connectivity index is 1.27. The molecule has 0 saturated heterocycles. The van der Waals surface area contributed by atoms with Gasteiger partial charge in [0.25, 0.3) is 0 Å². The van der Waals surface area contributed by atoms with Gasteiger partial charge in [0, 0.05) is 43.1 Å². The molecule has 0 atom stereocenters. The van der Waals surface area contributed by atoms with Crippen LogP contribution in [0.25, 0.3) is 69.9 Å². The van der Waals surface area contributed by atoms with Gasteiger partial charge in [-0.25, -0.2) is 9.98 Å². The molecular weight excluding hydrogens is 713 g/mol. The van der Waals surface area contributed by atoms with Gasteiger partial charge in [0.2, 0.25) is 0 Å². The number of thiophene rings is 1. The number of benzene rings is 8. The fraction of sp³-hybridized carbons (Fsp3) is 0.0192. The molecule has 0 aliphatic carbocycles. The Morgan fingerprint density at radius 3 is 1.95 bits per heavy atom. The highest BCUT2D eigenvalue weighted by Crippen LogP contribution is 2.46. The Morgan fingerprint density at radius 1 is 0.526 bits per heavy atom. The molecule has 0 aliphatic rings. The van der Waals surface area contributed by atoms with Gasteiger partial charge in [-0.2, -0.15) is 0 Å². The fourth-order valence-electron chi connectivity index (χ4n) is 7.94. The zero-order valence-corrected chi connectivity index (χ0v) is 31.9. The van der Waals surface area contributed by atoms with Crippen molar-refractivity contribution in [2.75, 3.05) is 0 Å². The predicted octanol–water partition coefficient (Wildman–Crippen LogP) is 13.6. The monoisotopic (exact) mass is 748 g/mol. The van der Waals surface area contributed by atoms with E-state index in [-0.39, 0.29) is 0 Å². The summed E-state index contributed by atoms with van der Waals surface area (Å²) in [5.41, 5.74) is 10.9. The summed E-state index contributed by atoms with van der Waals surface area (Å²) in [4.78, 5) is 14.8. The lowest BCUT2D eigenvalue weighted by molar-refractivity contribution is 1.06. The van der Waals surface area contributed by atoms with E-state index in [1.54, 1.807) is 0 Å². The maximum absolute atomic E-state index is 5.21. The lowest BCUT2D eigenvalue weighted by atomic mass is 9.99. The van der Waals surface area contributed by atoms with E-state index >= 15 is 0 Å². The lowest BCUT2D eigenvalue weighted by Gasteiger charge is -2.15. The molecule has 2 aromatic heterocycles. The van der Waals surface area contributed by atoms with Gasteiger partial charge in [-0.3, -0.25) is 4.99 Å². The zero-order valence-electron chi connectivity index (χ0n) is 31.1. The molecule has 0 bridgehead atoms. The van der Waals surface area contributed by atoms with Gasteiger partial charge in [-0.05, 0) is 64.9 Å². The van der Waals surface area contributed by atoms with Gasteiger partial charge < -0.3 is 4.57 Å². The van der Waals surface area contributed by atoms with E-state index in [9.17, 15) is 0 Å². The summed E-state index contributed by atoms with van der Waals surface area (Å²) in [6.45, 7) is 4.39. The minimum absolute atomic E-state index is 0.464. The van der Waals surface area contributed by atoms with Crippen molar-refractivity contribution in [1.82, 2.24) is 4.57 Å². The third-order valence-corrected chi connectivity index (χ3v) is 11.7. The topological polar surface area (TPSA) is 42.0 Å². The second-order valence-electron chi connectivity index (χ2n) is 14.1. The van der Waals surface area contributed by atoms with Crippen LogP contribution in [0.4, 0.5) is 0 Å². The molecule has 0 unspecified atom stereocenters. The molecule has 0 radical (unpaired) electrons. The molecule has 5 heteroatoms. The first kappa shape index (κ1) is 34.3. The van der Waals surface area contributed by atoms with Crippen LogP contribution in [0.1, 0.15) is 16.7 Å². The fourth-order valence-corrected chi connectivity index (χ4v) is 9.21. The predicted molar refractivity (Wildman–Crippen MR) is 244 cm³/mol. The molecule has 270 valence electrons. The van der Waals surface area contributed by atoms with Crippen LogP contribution < -0.4 is 0 Å². The molecule has 57 heavy (non-hydrogen) atoms. The normalized spacial score (nSPS) is 12.2. The SMILES string of the molecule is C=NC(=NC(=NCc1ccccc1)c1cc(-c2ccccc2)cc(-n2c3ccccc3c3ccc4c(sc5cccc(-c6ccccc6)c54)c32)c1)c1ccccc1. The number of rotatable bonds is 7. The summed E-state index contributed by atoms with van der Waals surface area (Å²) < 4.78 is 4.97. The van der Waals surface area contributed by atoms with Crippen molar-refractivity contribution >= 4 is 71.7 Å². The van der Waals surface area contributed by atoms with Crippen LogP contribution in [0, 0.1) is 0 Å². The summed E-state index contributed by atoms with van der Waals surface area (Å²) in [7, 11) is 0. The van der Waals surface area contributed by atoms with Gasteiger partial charge in [0.15, 0.2) is 11.7 Å². The minimum atomic E-state index is 0.464. The molecule has 0 fully saturated rings. The van der Waals surface area contributed by atoms with Gasteiger partial charge in [-0.1, -0.05) is 164 Å². The summed E-state index contributed by atoms with van der Waals surface area (Å²) in [5.74, 6) is 1.11.